The van der Waals surface area contributed by atoms with Gasteiger partial charge in [0.05, 0.1) is 138 Å². The van der Waals surface area contributed by atoms with Crippen molar-refractivity contribution in [3.8, 4) is 11.5 Å². The van der Waals surface area contributed by atoms with Crippen molar-refractivity contribution in [3.63, 3.8) is 0 Å². The lowest BCUT2D eigenvalue weighted by Gasteiger charge is -2.13. The highest BCUT2D eigenvalue weighted by Crippen LogP contribution is 2.25. The van der Waals surface area contributed by atoms with E-state index in [0.717, 1.165) is 35.6 Å². The number of rotatable bonds is 65. The summed E-state index contributed by atoms with van der Waals surface area (Å²) >= 11 is 0. The van der Waals surface area contributed by atoms with Crippen LogP contribution in [0.3, 0.4) is 0 Å². The average molecular weight is 1140 g/mol. The van der Waals surface area contributed by atoms with Crippen molar-refractivity contribution in [2.75, 3.05) is 119 Å². The molecule has 0 amide bonds. The maximum atomic E-state index is 12.1. The molecule has 1 unspecified atom stereocenters. The molecule has 0 fully saturated rings. The Morgan fingerprint density at radius 3 is 0.987 bits per heavy atom. The van der Waals surface area contributed by atoms with E-state index in [4.69, 9.17) is 47.4 Å². The lowest BCUT2D eigenvalue weighted by molar-refractivity contribution is -0.0241. The van der Waals surface area contributed by atoms with Gasteiger partial charge in [0.25, 0.3) is 0 Å². The third-order valence-electron chi connectivity index (χ3n) is 13.7. The summed E-state index contributed by atoms with van der Waals surface area (Å²) < 4.78 is 85.3. The van der Waals surface area contributed by atoms with E-state index in [2.05, 4.69) is 46.9 Å². The highest BCUT2D eigenvalue weighted by molar-refractivity contribution is 7.32. The van der Waals surface area contributed by atoms with Crippen LogP contribution in [0, 0.1) is 0 Å². The Hall–Kier alpha value is -2.24. The van der Waals surface area contributed by atoms with Crippen LogP contribution in [0.1, 0.15) is 231 Å². The number of aromatic nitrogens is 3. The normalized spacial score (nSPS) is 12.0. The number of hydrogen-bond donors (Lipinski definition) is 0. The summed E-state index contributed by atoms with van der Waals surface area (Å²) in [5.41, 5.74) is 1.84. The van der Waals surface area contributed by atoms with Gasteiger partial charge in [-0.15, -0.1) is 5.10 Å². The Labute approximate surface area is 480 Å². The molecule has 0 bridgehead atoms. The zero-order valence-corrected chi connectivity index (χ0v) is 51.2. The van der Waals surface area contributed by atoms with Gasteiger partial charge in [-0.2, -0.15) is 4.20 Å². The Morgan fingerprint density at radius 2 is 0.671 bits per heavy atom. The van der Waals surface area contributed by atoms with Gasteiger partial charge in [-0.25, -0.2) is 4.68 Å². The first-order valence-corrected chi connectivity index (χ1v) is 33.0. The van der Waals surface area contributed by atoms with Crippen molar-refractivity contribution in [1.82, 2.24) is 15.0 Å². The Morgan fingerprint density at radius 1 is 0.380 bits per heavy atom. The topological polar surface area (TPSA) is 149 Å². The fraction of sp³-hybridized carbons (Fsp3) is 0.871. The van der Waals surface area contributed by atoms with Crippen molar-refractivity contribution < 1.29 is 60.7 Å². The van der Waals surface area contributed by atoms with Crippen molar-refractivity contribution in [3.05, 3.63) is 35.7 Å². The van der Waals surface area contributed by atoms with Crippen LogP contribution >= 0.6 is 8.34 Å². The van der Waals surface area contributed by atoms with Crippen LogP contribution in [0.15, 0.2) is 24.4 Å². The Balaban J connectivity index is 1.57. The third-order valence-corrected chi connectivity index (χ3v) is 14.1. The van der Waals surface area contributed by atoms with Gasteiger partial charge in [-0.3, -0.25) is 4.57 Å². The first-order valence-electron chi connectivity index (χ1n) is 31.8. The quantitative estimate of drug-likeness (QED) is 0.0457. The van der Waals surface area contributed by atoms with Gasteiger partial charge in [-0.1, -0.05) is 212 Å². The van der Waals surface area contributed by atoms with Crippen molar-refractivity contribution >= 4 is 8.34 Å². The van der Waals surface area contributed by atoms with E-state index in [1.807, 2.05) is 10.9 Å². The summed E-state index contributed by atoms with van der Waals surface area (Å²) in [4.78, 5) is 0. The summed E-state index contributed by atoms with van der Waals surface area (Å²) in [6.07, 6.45) is 45.3. The SMILES string of the molecule is CCCCCCCCCCCCCCCCCCOc1cc(Cn2cc(COCCOCCOCCOCCOCCOCCOCCOCCO[PH](=O)F)nn2)cc(OCCCCCCCCCCCCCCCCCC)c1. The molecule has 0 aliphatic carbocycles. The van der Waals surface area contributed by atoms with Crippen LogP contribution in [0.5, 0.6) is 11.5 Å². The molecule has 0 aliphatic rings. The molecular formula is C62H115FN3O12P. The van der Waals surface area contributed by atoms with Gasteiger partial charge in [-0.05, 0) is 30.5 Å². The largest absolute Gasteiger partial charge is 0.493 e. The fourth-order valence-corrected chi connectivity index (χ4v) is 9.38. The molecule has 0 saturated carbocycles. The van der Waals surface area contributed by atoms with Gasteiger partial charge >= 0.3 is 8.34 Å². The molecule has 2 aromatic rings. The molecule has 0 radical (unpaired) electrons. The number of hydrogen-bond acceptors (Lipinski definition) is 14. The third kappa shape index (κ3) is 51.2. The standard InChI is InChI=1S/C62H115FN3O12P/c1-3-5-7-9-11-13-15-17-19-21-23-25-27-29-31-33-35-76-61-53-59(54-62(55-61)77-36-34-32-30-28-26-24-22-20-18-16-14-12-10-8-6-4-2)56-66-57-60(64-65-66)58-75-50-49-73-46-45-71-42-41-69-38-37-68-39-40-70-43-44-72-47-48-74-51-52-78-79(63)67/h53-55,57,79H,3-52,56,58H2,1-2H3. The van der Waals surface area contributed by atoms with Gasteiger partial charge in [0.2, 0.25) is 0 Å². The molecule has 0 aliphatic heterocycles. The number of unbranched alkanes of at least 4 members (excludes halogenated alkanes) is 30. The van der Waals surface area contributed by atoms with Crippen LogP contribution in [-0.2, 0) is 60.1 Å². The molecule has 2 rings (SSSR count). The van der Waals surface area contributed by atoms with Crippen LogP contribution in [0.4, 0.5) is 4.20 Å². The summed E-state index contributed by atoms with van der Waals surface area (Å²) in [5, 5.41) is 8.76. The maximum absolute atomic E-state index is 12.1. The van der Waals surface area contributed by atoms with E-state index in [0.29, 0.717) is 119 Å². The monoisotopic (exact) mass is 1140 g/mol. The lowest BCUT2D eigenvalue weighted by Crippen LogP contribution is -2.15. The molecule has 0 spiro atoms. The number of nitrogens with zero attached hydrogens (tertiary/aromatic N) is 3. The fourth-order valence-electron chi connectivity index (χ4n) is 9.13. The summed E-state index contributed by atoms with van der Waals surface area (Å²) in [6.45, 7) is 13.3. The molecule has 17 heteroatoms. The van der Waals surface area contributed by atoms with Crippen molar-refractivity contribution in [2.24, 2.45) is 0 Å². The summed E-state index contributed by atoms with van der Waals surface area (Å²) in [5.74, 6) is 1.71. The molecule has 462 valence electrons. The second kappa shape index (κ2) is 58.9. The minimum atomic E-state index is -3.40. The predicted octanol–water partition coefficient (Wildman–Crippen LogP) is 15.6. The van der Waals surface area contributed by atoms with E-state index < -0.39 is 8.34 Å². The maximum Gasteiger partial charge on any atom is 0.356 e. The first kappa shape index (κ1) is 72.9. The van der Waals surface area contributed by atoms with Gasteiger partial charge in [0.15, 0.2) is 0 Å². The molecule has 1 heterocycles. The van der Waals surface area contributed by atoms with E-state index in [9.17, 15) is 8.76 Å². The zero-order chi connectivity index (χ0) is 56.3. The van der Waals surface area contributed by atoms with Crippen molar-refractivity contribution in [2.45, 2.75) is 232 Å². The molecule has 0 saturated heterocycles. The van der Waals surface area contributed by atoms with Gasteiger partial charge in [0, 0.05) is 6.07 Å². The van der Waals surface area contributed by atoms with Gasteiger partial charge < -0.3 is 51.9 Å². The minimum Gasteiger partial charge on any atom is -0.493 e. The highest BCUT2D eigenvalue weighted by Gasteiger charge is 2.09. The summed E-state index contributed by atoms with van der Waals surface area (Å²) in [6, 6.07) is 6.29. The molecule has 1 aromatic heterocycles. The number of halogens is 1. The van der Waals surface area contributed by atoms with Crippen LogP contribution < -0.4 is 9.47 Å². The smallest absolute Gasteiger partial charge is 0.356 e. The number of benzene rings is 1. The van der Waals surface area contributed by atoms with E-state index in [-0.39, 0.29) is 13.2 Å². The Bertz CT molecular complexity index is 1530. The Kier molecular flexibility index (Phi) is 54.4. The predicted molar refractivity (Wildman–Crippen MR) is 317 cm³/mol. The summed E-state index contributed by atoms with van der Waals surface area (Å²) in [7, 11) is -3.40. The average Bonchev–Trinajstić information content (AvgIpc) is 3.90. The minimum absolute atomic E-state index is 0.0373. The van der Waals surface area contributed by atoms with Crippen LogP contribution in [-0.4, -0.2) is 134 Å². The van der Waals surface area contributed by atoms with Gasteiger partial charge in [0.1, 0.15) is 17.2 Å². The van der Waals surface area contributed by atoms with E-state index >= 15 is 0 Å². The zero-order valence-electron chi connectivity index (χ0n) is 50.2. The van der Waals surface area contributed by atoms with Crippen molar-refractivity contribution in [1.29, 1.82) is 0 Å². The lowest BCUT2D eigenvalue weighted by atomic mass is 10.0. The van der Waals surface area contributed by atoms with Crippen LogP contribution in [0.2, 0.25) is 0 Å². The number of ether oxygens (including phenoxy) is 10. The first-order chi connectivity index (χ1) is 39.1. The second-order valence-electron chi connectivity index (χ2n) is 20.9. The molecular weight excluding hydrogens is 1030 g/mol. The van der Waals surface area contributed by atoms with E-state index in [1.54, 1.807) is 0 Å². The highest BCUT2D eigenvalue weighted by atomic mass is 31.2. The molecule has 79 heavy (non-hydrogen) atoms. The molecule has 1 aromatic carbocycles. The molecule has 0 N–H and O–H groups in total. The van der Waals surface area contributed by atoms with Crippen LogP contribution in [0.25, 0.3) is 0 Å². The molecule has 1 atom stereocenters. The van der Waals surface area contributed by atoms with E-state index in [1.165, 1.54) is 193 Å². The second-order valence-corrected chi connectivity index (χ2v) is 21.7. The molecule has 15 nitrogen and oxygen atoms in total.